The summed E-state index contributed by atoms with van der Waals surface area (Å²) < 4.78 is 32.3. The van der Waals surface area contributed by atoms with Gasteiger partial charge in [-0.3, -0.25) is 0 Å². The van der Waals surface area contributed by atoms with Gasteiger partial charge < -0.3 is 9.84 Å². The second-order valence-corrected chi connectivity index (χ2v) is 9.46. The number of ether oxygens (including phenoxy) is 1. The number of halogens is 1. The number of aryl methyl sites for hydroxylation is 1. The summed E-state index contributed by atoms with van der Waals surface area (Å²) in [5, 5.41) is 8.57. The van der Waals surface area contributed by atoms with Crippen LogP contribution in [-0.4, -0.2) is 49.1 Å². The maximum Gasteiger partial charge on any atom is 0.329 e. The van der Waals surface area contributed by atoms with E-state index < -0.39 is 28.2 Å². The van der Waals surface area contributed by atoms with Crippen molar-refractivity contribution >= 4 is 43.3 Å². The van der Waals surface area contributed by atoms with Crippen LogP contribution in [0.5, 0.6) is 0 Å². The number of aliphatic carboxylic acids is 1. The van der Waals surface area contributed by atoms with Crippen LogP contribution in [0.4, 0.5) is 0 Å². The molecular formula is C11H14BrNO5S2. The van der Waals surface area contributed by atoms with Gasteiger partial charge in [0.2, 0.25) is 0 Å². The van der Waals surface area contributed by atoms with Crippen molar-refractivity contribution in [2.75, 3.05) is 19.7 Å². The molecule has 2 heterocycles. The minimum atomic E-state index is -3.52. The maximum atomic E-state index is 12.3. The van der Waals surface area contributed by atoms with Crippen molar-refractivity contribution in [2.24, 2.45) is 0 Å². The highest BCUT2D eigenvalue weighted by Crippen LogP contribution is 2.36. The highest BCUT2D eigenvalue weighted by molar-refractivity contribution is 9.11. The van der Waals surface area contributed by atoms with Crippen LogP contribution in [0.25, 0.3) is 0 Å². The molecule has 1 aromatic heterocycles. The Hall–Kier alpha value is -0.480. The van der Waals surface area contributed by atoms with Gasteiger partial charge in [0.15, 0.2) is 0 Å². The molecule has 20 heavy (non-hydrogen) atoms. The summed E-state index contributed by atoms with van der Waals surface area (Å²) >= 11 is 4.48. The van der Waals surface area contributed by atoms with Crippen molar-refractivity contribution in [3.8, 4) is 0 Å². The van der Waals surface area contributed by atoms with Crippen LogP contribution in [0, 0.1) is 6.92 Å². The lowest BCUT2D eigenvalue weighted by Gasteiger charge is -2.45. The van der Waals surface area contributed by atoms with Gasteiger partial charge in [0.25, 0.3) is 10.0 Å². The van der Waals surface area contributed by atoms with Gasteiger partial charge in [0.05, 0.1) is 9.39 Å². The standard InChI is InChI=1S/C11H14BrNO5S2/c1-7-3-9(19-10(7)12)20(16,17)13-5-11(2,6-13)18-4-8(14)15/h3H,4-6H2,1-2H3,(H,14,15). The number of rotatable bonds is 5. The Balaban J connectivity index is 2.06. The molecule has 112 valence electrons. The predicted molar refractivity (Wildman–Crippen MR) is 77.5 cm³/mol. The van der Waals surface area contributed by atoms with Crippen LogP contribution < -0.4 is 0 Å². The zero-order valence-corrected chi connectivity index (χ0v) is 14.1. The van der Waals surface area contributed by atoms with Gasteiger partial charge in [0.1, 0.15) is 10.8 Å². The number of carboxylic acids is 1. The highest BCUT2D eigenvalue weighted by Gasteiger charge is 2.47. The van der Waals surface area contributed by atoms with Gasteiger partial charge in [-0.1, -0.05) is 0 Å². The Morgan fingerprint density at radius 2 is 2.20 bits per heavy atom. The Kier molecular flexibility index (Phi) is 4.27. The second-order valence-electron chi connectivity index (χ2n) is 4.93. The molecule has 0 aliphatic carbocycles. The summed E-state index contributed by atoms with van der Waals surface area (Å²) in [6.07, 6.45) is 0. The fourth-order valence-corrected chi connectivity index (χ4v) is 5.93. The summed E-state index contributed by atoms with van der Waals surface area (Å²) in [6.45, 7) is 3.44. The molecule has 1 aliphatic rings. The lowest BCUT2D eigenvalue weighted by Crippen LogP contribution is -2.63. The first-order valence-electron chi connectivity index (χ1n) is 5.76. The number of nitrogens with zero attached hydrogens (tertiary/aromatic N) is 1. The summed E-state index contributed by atoms with van der Waals surface area (Å²) in [4.78, 5) is 10.5. The van der Waals surface area contributed by atoms with Crippen LogP contribution in [0.2, 0.25) is 0 Å². The minimum absolute atomic E-state index is 0.164. The summed E-state index contributed by atoms with van der Waals surface area (Å²) in [7, 11) is -3.52. The van der Waals surface area contributed by atoms with Gasteiger partial charge in [-0.25, -0.2) is 13.2 Å². The number of thiophene rings is 1. The van der Waals surface area contributed by atoms with E-state index in [2.05, 4.69) is 15.9 Å². The van der Waals surface area contributed by atoms with Crippen molar-refractivity contribution in [3.63, 3.8) is 0 Å². The van der Waals surface area contributed by atoms with Crippen molar-refractivity contribution in [3.05, 3.63) is 15.4 Å². The molecule has 0 amide bonds. The summed E-state index contributed by atoms with van der Waals surface area (Å²) in [5.41, 5.74) is 0.147. The van der Waals surface area contributed by atoms with E-state index in [1.54, 1.807) is 13.0 Å². The first kappa shape index (κ1) is 15.9. The van der Waals surface area contributed by atoms with E-state index in [1.807, 2.05) is 6.92 Å². The molecular weight excluding hydrogens is 370 g/mol. The molecule has 0 atom stereocenters. The topological polar surface area (TPSA) is 83.9 Å². The molecule has 0 unspecified atom stereocenters. The average Bonchev–Trinajstić information content (AvgIpc) is 2.64. The van der Waals surface area contributed by atoms with E-state index >= 15 is 0 Å². The number of hydrogen-bond acceptors (Lipinski definition) is 5. The molecule has 1 N–H and O–H groups in total. The molecule has 0 saturated carbocycles. The molecule has 0 radical (unpaired) electrons. The monoisotopic (exact) mass is 383 g/mol. The van der Waals surface area contributed by atoms with E-state index in [4.69, 9.17) is 9.84 Å². The largest absolute Gasteiger partial charge is 0.480 e. The van der Waals surface area contributed by atoms with Gasteiger partial charge in [-0.2, -0.15) is 4.31 Å². The average molecular weight is 384 g/mol. The van der Waals surface area contributed by atoms with E-state index in [1.165, 1.54) is 15.6 Å². The lowest BCUT2D eigenvalue weighted by atomic mass is 10.0. The highest BCUT2D eigenvalue weighted by atomic mass is 79.9. The Labute approximate surface area is 129 Å². The predicted octanol–water partition coefficient (Wildman–Crippen LogP) is 1.68. The van der Waals surface area contributed by atoms with Crippen molar-refractivity contribution in [2.45, 2.75) is 23.7 Å². The molecule has 6 nitrogen and oxygen atoms in total. The molecule has 1 saturated heterocycles. The van der Waals surface area contributed by atoms with Gasteiger partial charge >= 0.3 is 5.97 Å². The SMILES string of the molecule is Cc1cc(S(=O)(=O)N2CC(C)(OCC(=O)O)C2)sc1Br. The van der Waals surface area contributed by atoms with E-state index in [0.717, 1.165) is 9.35 Å². The van der Waals surface area contributed by atoms with Gasteiger partial charge in [-0.15, -0.1) is 11.3 Å². The molecule has 0 spiro atoms. The van der Waals surface area contributed by atoms with Gasteiger partial charge in [0, 0.05) is 13.1 Å². The van der Waals surface area contributed by atoms with E-state index in [9.17, 15) is 13.2 Å². The van der Waals surface area contributed by atoms with Crippen LogP contribution in [-0.2, 0) is 19.6 Å². The lowest BCUT2D eigenvalue weighted by molar-refractivity contribution is -0.157. The first-order chi connectivity index (χ1) is 9.14. The maximum absolute atomic E-state index is 12.3. The van der Waals surface area contributed by atoms with E-state index in [0.29, 0.717) is 0 Å². The van der Waals surface area contributed by atoms with Gasteiger partial charge in [-0.05, 0) is 41.4 Å². The number of carboxylic acid groups (broad SMARTS) is 1. The third kappa shape index (κ3) is 3.06. The first-order valence-corrected chi connectivity index (χ1v) is 8.81. The quantitative estimate of drug-likeness (QED) is 0.835. The molecule has 1 fully saturated rings. The molecule has 1 aliphatic heterocycles. The molecule has 2 rings (SSSR count). The number of carbonyl (C=O) groups is 1. The van der Waals surface area contributed by atoms with Crippen LogP contribution >= 0.6 is 27.3 Å². The second kappa shape index (κ2) is 5.38. The Morgan fingerprint density at radius 1 is 1.60 bits per heavy atom. The fraction of sp³-hybridized carbons (Fsp3) is 0.545. The smallest absolute Gasteiger partial charge is 0.329 e. The van der Waals surface area contributed by atoms with Crippen molar-refractivity contribution in [1.29, 1.82) is 0 Å². The zero-order chi connectivity index (χ0) is 15.1. The summed E-state index contributed by atoms with van der Waals surface area (Å²) in [6, 6.07) is 1.62. The molecule has 9 heteroatoms. The third-order valence-corrected chi connectivity index (χ3v) is 7.37. The van der Waals surface area contributed by atoms with Crippen LogP contribution in [0.15, 0.2) is 14.1 Å². The Morgan fingerprint density at radius 3 is 2.65 bits per heavy atom. The van der Waals surface area contributed by atoms with Crippen molar-refractivity contribution < 1.29 is 23.1 Å². The number of hydrogen-bond donors (Lipinski definition) is 1. The molecule has 1 aromatic rings. The number of sulfonamides is 1. The van der Waals surface area contributed by atoms with Crippen LogP contribution in [0.1, 0.15) is 12.5 Å². The molecule has 0 aromatic carbocycles. The van der Waals surface area contributed by atoms with E-state index in [-0.39, 0.29) is 17.3 Å². The third-order valence-electron chi connectivity index (χ3n) is 2.99. The minimum Gasteiger partial charge on any atom is -0.480 e. The molecule has 0 bridgehead atoms. The summed E-state index contributed by atoms with van der Waals surface area (Å²) in [5.74, 6) is -1.06. The fourth-order valence-electron chi connectivity index (χ4n) is 1.88. The van der Waals surface area contributed by atoms with Crippen molar-refractivity contribution in [1.82, 2.24) is 4.31 Å². The van der Waals surface area contributed by atoms with Crippen LogP contribution in [0.3, 0.4) is 0 Å². The Bertz CT molecular complexity index is 614. The zero-order valence-electron chi connectivity index (χ0n) is 10.9. The normalized spacial score (nSPS) is 18.8.